The zero-order chi connectivity index (χ0) is 35.6. The van der Waals surface area contributed by atoms with E-state index in [1.807, 2.05) is 23.7 Å². The molecule has 2 heterocycles. The third-order valence-electron chi connectivity index (χ3n) is 10.9. The van der Waals surface area contributed by atoms with Gasteiger partial charge in [-0.25, -0.2) is 4.98 Å². The van der Waals surface area contributed by atoms with Crippen LogP contribution in [0.5, 0.6) is 0 Å². The molecule has 0 aliphatic rings. The summed E-state index contributed by atoms with van der Waals surface area (Å²) in [6.45, 7) is 0. The predicted molar refractivity (Wildman–Crippen MR) is 231 cm³/mol. The van der Waals surface area contributed by atoms with Crippen molar-refractivity contribution in [3.8, 4) is 50.2 Å². The first-order chi connectivity index (χ1) is 26.8. The lowest BCUT2D eigenvalue weighted by Crippen LogP contribution is -1.95. The van der Waals surface area contributed by atoms with Gasteiger partial charge in [-0.2, -0.15) is 0 Å². The van der Waals surface area contributed by atoms with Crippen molar-refractivity contribution in [3.63, 3.8) is 0 Å². The zero-order valence-corrected chi connectivity index (χ0v) is 30.1. The Morgan fingerprint density at radius 2 is 0.963 bits per heavy atom. The predicted octanol–water partition coefficient (Wildman–Crippen LogP) is 14.4. The molecule has 0 aliphatic heterocycles. The molecule has 11 rings (SSSR count). The van der Waals surface area contributed by atoms with Crippen molar-refractivity contribution in [2.45, 2.75) is 0 Å². The number of rotatable bonds is 5. The molecule has 2 aromatic heterocycles. The Kier molecular flexibility index (Phi) is 7.07. The van der Waals surface area contributed by atoms with Crippen LogP contribution in [0, 0.1) is 0 Å². The highest BCUT2D eigenvalue weighted by Gasteiger charge is 2.19. The summed E-state index contributed by atoms with van der Waals surface area (Å²) >= 11 is 1.87. The van der Waals surface area contributed by atoms with E-state index in [0.717, 1.165) is 16.7 Å². The molecule has 0 spiro atoms. The highest BCUT2D eigenvalue weighted by molar-refractivity contribution is 7.25. The van der Waals surface area contributed by atoms with Crippen LogP contribution in [0.15, 0.2) is 194 Å². The van der Waals surface area contributed by atoms with E-state index >= 15 is 0 Å². The largest absolute Gasteiger partial charge is 0.298 e. The molecule has 0 bridgehead atoms. The lowest BCUT2D eigenvalue weighted by atomic mass is 9.84. The van der Waals surface area contributed by atoms with Gasteiger partial charge in [-0.15, -0.1) is 11.3 Å². The van der Waals surface area contributed by atoms with Gasteiger partial charge in [0, 0.05) is 25.7 Å². The molecule has 0 atom stereocenters. The number of thiophene rings is 1. The van der Waals surface area contributed by atoms with Crippen molar-refractivity contribution in [1.82, 2.24) is 9.55 Å². The van der Waals surface area contributed by atoms with E-state index in [4.69, 9.17) is 0 Å². The van der Waals surface area contributed by atoms with Crippen LogP contribution in [0.4, 0.5) is 0 Å². The van der Waals surface area contributed by atoms with E-state index in [0.29, 0.717) is 0 Å². The number of para-hydroxylation sites is 3. The van der Waals surface area contributed by atoms with Crippen LogP contribution in [-0.2, 0) is 0 Å². The molecule has 9 aromatic carbocycles. The smallest absolute Gasteiger partial charge is 0.100 e. The minimum absolute atomic E-state index is 0.990. The van der Waals surface area contributed by atoms with Crippen LogP contribution in [-0.4, -0.2) is 9.55 Å². The average molecular weight is 705 g/mol. The van der Waals surface area contributed by atoms with Gasteiger partial charge in [-0.1, -0.05) is 146 Å². The first-order valence-electron chi connectivity index (χ1n) is 18.4. The third-order valence-corrected chi connectivity index (χ3v) is 12.1. The Balaban J connectivity index is 1.13. The minimum Gasteiger partial charge on any atom is -0.298 e. The molecule has 11 aromatic rings. The lowest BCUT2D eigenvalue weighted by Gasteiger charge is -2.19. The number of benzene rings is 9. The van der Waals surface area contributed by atoms with Crippen molar-refractivity contribution in [2.75, 3.05) is 0 Å². The molecule has 54 heavy (non-hydrogen) atoms. The fraction of sp³-hybridized carbons (Fsp3) is 0. The van der Waals surface area contributed by atoms with E-state index in [-0.39, 0.29) is 0 Å². The molecule has 0 fully saturated rings. The van der Waals surface area contributed by atoms with Crippen LogP contribution in [0.3, 0.4) is 0 Å². The van der Waals surface area contributed by atoms with Crippen LogP contribution in [0.25, 0.3) is 103 Å². The maximum Gasteiger partial charge on any atom is 0.100 e. The molecule has 0 amide bonds. The number of hydrogen-bond acceptors (Lipinski definition) is 2. The summed E-state index contributed by atoms with van der Waals surface area (Å²) in [7, 11) is 0. The summed E-state index contributed by atoms with van der Waals surface area (Å²) in [5, 5.41) is 7.64. The van der Waals surface area contributed by atoms with Crippen molar-refractivity contribution in [3.05, 3.63) is 194 Å². The monoisotopic (exact) mass is 704 g/mol. The first kappa shape index (κ1) is 30.8. The summed E-state index contributed by atoms with van der Waals surface area (Å²) in [4.78, 5) is 4.68. The normalized spacial score (nSPS) is 11.7. The van der Waals surface area contributed by atoms with E-state index < -0.39 is 0 Å². The maximum absolute atomic E-state index is 4.68. The SMILES string of the molecule is c1ccc(-c2ccc3c(-c4ccc(-c5ccccc5-n5cnc6ccccc65)cc4)c4ccccc4c(-c4ccc5sc6ccccc6c5c4)c3c2)cc1. The average Bonchev–Trinajstić information content (AvgIpc) is 3.84. The van der Waals surface area contributed by atoms with Crippen LogP contribution < -0.4 is 0 Å². The second kappa shape index (κ2) is 12.4. The second-order valence-electron chi connectivity index (χ2n) is 13.9. The first-order valence-corrected chi connectivity index (χ1v) is 19.2. The Bertz CT molecular complexity index is 3210. The van der Waals surface area contributed by atoms with E-state index in [1.165, 1.54) is 86.2 Å². The quantitative estimate of drug-likeness (QED) is 0.163. The molecule has 0 radical (unpaired) electrons. The number of hydrogen-bond donors (Lipinski definition) is 0. The standard InChI is InChI=1S/C51H32N2S/c1-2-12-33(13-3-1)36-26-28-42-44(30-36)51(37-27-29-49-43(31-37)39-15-7-11-21-48(39)54-49)41-17-5-4-16-40(41)50(42)35-24-22-34(23-25-35)38-14-6-9-19-46(38)53-32-52-45-18-8-10-20-47(45)53/h1-32H. The fourth-order valence-electron chi connectivity index (χ4n) is 8.39. The van der Waals surface area contributed by atoms with Gasteiger partial charge in [0.2, 0.25) is 0 Å². The van der Waals surface area contributed by atoms with Crippen molar-refractivity contribution >= 4 is 64.1 Å². The molecular weight excluding hydrogens is 673 g/mol. The molecule has 252 valence electrons. The number of nitrogens with zero attached hydrogens (tertiary/aromatic N) is 2. The van der Waals surface area contributed by atoms with Gasteiger partial charge in [0.15, 0.2) is 0 Å². The van der Waals surface area contributed by atoms with Crippen molar-refractivity contribution in [1.29, 1.82) is 0 Å². The van der Waals surface area contributed by atoms with Crippen molar-refractivity contribution < 1.29 is 0 Å². The summed E-state index contributed by atoms with van der Waals surface area (Å²) in [6.07, 6.45) is 1.93. The Morgan fingerprint density at radius 1 is 0.370 bits per heavy atom. The number of aromatic nitrogens is 2. The van der Waals surface area contributed by atoms with Crippen LogP contribution >= 0.6 is 11.3 Å². The molecular formula is C51H32N2S. The van der Waals surface area contributed by atoms with Gasteiger partial charge < -0.3 is 0 Å². The summed E-state index contributed by atoms with van der Waals surface area (Å²) < 4.78 is 4.84. The Labute approximate surface area is 316 Å². The zero-order valence-electron chi connectivity index (χ0n) is 29.3. The van der Waals surface area contributed by atoms with Gasteiger partial charge in [0.25, 0.3) is 0 Å². The second-order valence-corrected chi connectivity index (χ2v) is 15.0. The van der Waals surface area contributed by atoms with E-state index in [9.17, 15) is 0 Å². The highest BCUT2D eigenvalue weighted by Crippen LogP contribution is 2.46. The number of fused-ring (bicyclic) bond motifs is 6. The third kappa shape index (κ3) is 4.90. The maximum atomic E-state index is 4.68. The minimum atomic E-state index is 0.990. The lowest BCUT2D eigenvalue weighted by molar-refractivity contribution is 1.09. The fourth-order valence-corrected chi connectivity index (χ4v) is 9.47. The summed E-state index contributed by atoms with van der Waals surface area (Å²) in [6, 6.07) is 68.6. The van der Waals surface area contributed by atoms with E-state index in [1.54, 1.807) is 0 Å². The molecule has 0 aliphatic carbocycles. The van der Waals surface area contributed by atoms with Gasteiger partial charge >= 0.3 is 0 Å². The molecule has 0 N–H and O–H groups in total. The molecule has 0 saturated heterocycles. The van der Waals surface area contributed by atoms with Crippen LogP contribution in [0.1, 0.15) is 0 Å². The van der Waals surface area contributed by atoms with Gasteiger partial charge in [0.1, 0.15) is 6.33 Å². The number of imidazole rings is 1. The molecule has 0 unspecified atom stereocenters. The Hall–Kier alpha value is -6.81. The molecule has 3 heteroatoms. The van der Waals surface area contributed by atoms with Gasteiger partial charge in [-0.05, 0) is 103 Å². The Morgan fingerprint density at radius 3 is 1.81 bits per heavy atom. The van der Waals surface area contributed by atoms with Gasteiger partial charge in [-0.3, -0.25) is 4.57 Å². The van der Waals surface area contributed by atoms with Gasteiger partial charge in [0.05, 0.1) is 16.7 Å². The summed E-state index contributed by atoms with van der Waals surface area (Å²) in [5.41, 5.74) is 12.9. The topological polar surface area (TPSA) is 17.8 Å². The highest BCUT2D eigenvalue weighted by atomic mass is 32.1. The molecule has 2 nitrogen and oxygen atoms in total. The van der Waals surface area contributed by atoms with E-state index in [2.05, 4.69) is 192 Å². The summed E-state index contributed by atoms with van der Waals surface area (Å²) in [5.74, 6) is 0. The van der Waals surface area contributed by atoms with Crippen LogP contribution in [0.2, 0.25) is 0 Å². The van der Waals surface area contributed by atoms with Crippen molar-refractivity contribution in [2.24, 2.45) is 0 Å². The molecule has 0 saturated carbocycles.